The van der Waals surface area contributed by atoms with Gasteiger partial charge < -0.3 is 0 Å². The van der Waals surface area contributed by atoms with E-state index in [1.54, 1.807) is 18.3 Å². The molecule has 0 spiro atoms. The van der Waals surface area contributed by atoms with Gasteiger partial charge in [0.2, 0.25) is 5.78 Å². The van der Waals surface area contributed by atoms with Crippen LogP contribution in [0, 0.1) is 0 Å². The van der Waals surface area contributed by atoms with E-state index < -0.39 is 0 Å². The van der Waals surface area contributed by atoms with E-state index in [0.29, 0.717) is 16.8 Å². The van der Waals surface area contributed by atoms with Crippen LogP contribution in [0.5, 0.6) is 0 Å². The summed E-state index contributed by atoms with van der Waals surface area (Å²) in [4.78, 5) is 19.9. The van der Waals surface area contributed by atoms with Crippen LogP contribution in [0.15, 0.2) is 29.5 Å². The summed E-state index contributed by atoms with van der Waals surface area (Å²) in [5.74, 6) is 0.404. The highest BCUT2D eigenvalue weighted by Crippen LogP contribution is 2.02. The predicted octanol–water partition coefficient (Wildman–Crippen LogP) is -0.0342. The molecule has 0 saturated carbocycles. The van der Waals surface area contributed by atoms with Crippen LogP contribution in [-0.4, -0.2) is 24.6 Å². The Balaban J connectivity index is 2.70. The summed E-state index contributed by atoms with van der Waals surface area (Å²) in [6.45, 7) is 0. The number of aromatic nitrogens is 5. The van der Waals surface area contributed by atoms with E-state index in [1.165, 1.54) is 10.7 Å². The van der Waals surface area contributed by atoms with Crippen LogP contribution < -0.4 is 5.56 Å². The van der Waals surface area contributed by atoms with Crippen molar-refractivity contribution in [2.24, 2.45) is 0 Å². The molecule has 14 heavy (non-hydrogen) atoms. The zero-order valence-corrected chi connectivity index (χ0v) is 7.01. The van der Waals surface area contributed by atoms with Gasteiger partial charge >= 0.3 is 0 Å². The van der Waals surface area contributed by atoms with Crippen molar-refractivity contribution in [2.75, 3.05) is 0 Å². The monoisotopic (exact) mass is 187 g/mol. The lowest BCUT2D eigenvalue weighted by Crippen LogP contribution is -2.13. The van der Waals surface area contributed by atoms with Gasteiger partial charge in [0.1, 0.15) is 6.33 Å². The predicted molar refractivity (Wildman–Crippen MR) is 48.9 cm³/mol. The lowest BCUT2D eigenvalue weighted by Gasteiger charge is -1.94. The van der Waals surface area contributed by atoms with Crippen molar-refractivity contribution in [3.63, 3.8) is 0 Å². The number of aromatic amines is 1. The molecule has 0 saturated heterocycles. The van der Waals surface area contributed by atoms with Crippen LogP contribution in [-0.2, 0) is 0 Å². The summed E-state index contributed by atoms with van der Waals surface area (Å²) in [5.41, 5.74) is 0.272. The zero-order chi connectivity index (χ0) is 9.54. The molecule has 6 heteroatoms. The highest BCUT2D eigenvalue weighted by Gasteiger charge is 2.05. The molecule has 3 aromatic heterocycles. The third-order valence-electron chi connectivity index (χ3n) is 2.01. The van der Waals surface area contributed by atoms with Crippen molar-refractivity contribution >= 4 is 16.8 Å². The first-order valence-electron chi connectivity index (χ1n) is 4.03. The molecule has 0 radical (unpaired) electrons. The van der Waals surface area contributed by atoms with Gasteiger partial charge in [-0.05, 0) is 12.1 Å². The molecule has 1 N–H and O–H groups in total. The highest BCUT2D eigenvalue weighted by molar-refractivity contribution is 5.74. The van der Waals surface area contributed by atoms with E-state index >= 15 is 0 Å². The van der Waals surface area contributed by atoms with Gasteiger partial charge in [-0.2, -0.15) is 10.1 Å². The molecule has 0 amide bonds. The Morgan fingerprint density at radius 1 is 1.43 bits per heavy atom. The van der Waals surface area contributed by atoms with E-state index in [-0.39, 0.29) is 5.56 Å². The summed E-state index contributed by atoms with van der Waals surface area (Å²) < 4.78 is 1.35. The average Bonchev–Trinajstić information content (AvgIpc) is 2.66. The Kier molecular flexibility index (Phi) is 1.22. The zero-order valence-electron chi connectivity index (χ0n) is 7.01. The molecule has 68 valence electrons. The molecular weight excluding hydrogens is 182 g/mol. The third-order valence-corrected chi connectivity index (χ3v) is 2.01. The maximum atomic E-state index is 11.8. The fourth-order valence-electron chi connectivity index (χ4n) is 1.36. The molecule has 3 aromatic rings. The number of fused-ring (bicyclic) bond motifs is 2. The van der Waals surface area contributed by atoms with Gasteiger partial charge in [0.15, 0.2) is 5.65 Å². The highest BCUT2D eigenvalue weighted by atomic mass is 16.1. The normalized spacial score (nSPS) is 11.1. The Bertz CT molecular complexity index is 668. The van der Waals surface area contributed by atoms with Crippen molar-refractivity contribution < 1.29 is 0 Å². The molecule has 0 unspecified atom stereocenters. The van der Waals surface area contributed by atoms with E-state index in [9.17, 15) is 4.79 Å². The summed E-state index contributed by atoms with van der Waals surface area (Å²) in [5, 5.41) is 6.84. The van der Waals surface area contributed by atoms with Crippen molar-refractivity contribution in [1.82, 2.24) is 24.6 Å². The minimum atomic E-state index is -0.160. The van der Waals surface area contributed by atoms with Gasteiger partial charge in [-0.25, -0.2) is 14.5 Å². The van der Waals surface area contributed by atoms with Crippen LogP contribution in [0.1, 0.15) is 0 Å². The van der Waals surface area contributed by atoms with Crippen molar-refractivity contribution in [3.05, 3.63) is 35.0 Å². The number of hydrogen-bond donors (Lipinski definition) is 1. The van der Waals surface area contributed by atoms with Gasteiger partial charge in [0.25, 0.3) is 5.56 Å². The Labute approximate surface area is 77.2 Å². The lowest BCUT2D eigenvalue weighted by molar-refractivity contribution is 1.07. The first kappa shape index (κ1) is 7.19. The van der Waals surface area contributed by atoms with Crippen molar-refractivity contribution in [1.29, 1.82) is 0 Å². The first-order chi connectivity index (χ1) is 6.86. The first-order valence-corrected chi connectivity index (χ1v) is 4.03. The van der Waals surface area contributed by atoms with Crippen LogP contribution in [0.2, 0.25) is 0 Å². The second-order valence-electron chi connectivity index (χ2n) is 2.84. The molecule has 6 nitrogen and oxygen atoms in total. The van der Waals surface area contributed by atoms with E-state index in [2.05, 4.69) is 20.2 Å². The molecule has 3 heterocycles. The van der Waals surface area contributed by atoms with E-state index in [4.69, 9.17) is 0 Å². The minimum Gasteiger partial charge on any atom is -0.268 e. The number of H-pyrrole nitrogens is 1. The fraction of sp³-hybridized carbons (Fsp3) is 0. The van der Waals surface area contributed by atoms with Gasteiger partial charge in [0, 0.05) is 6.20 Å². The lowest BCUT2D eigenvalue weighted by atomic mass is 10.3. The third kappa shape index (κ3) is 0.792. The maximum Gasteiger partial charge on any atom is 0.269 e. The summed E-state index contributed by atoms with van der Waals surface area (Å²) >= 11 is 0. The van der Waals surface area contributed by atoms with Crippen LogP contribution in [0.4, 0.5) is 0 Å². The fourth-order valence-corrected chi connectivity index (χ4v) is 1.36. The Hall–Kier alpha value is -2.24. The number of rotatable bonds is 0. The molecule has 0 fully saturated rings. The molecule has 0 aliphatic rings. The second-order valence-corrected chi connectivity index (χ2v) is 2.84. The van der Waals surface area contributed by atoms with Crippen molar-refractivity contribution in [2.45, 2.75) is 0 Å². The largest absolute Gasteiger partial charge is 0.269 e. The quantitative estimate of drug-likeness (QED) is 0.536. The topological polar surface area (TPSA) is 75.9 Å². The average molecular weight is 187 g/mol. The number of nitrogens with one attached hydrogen (secondary N) is 1. The van der Waals surface area contributed by atoms with Crippen LogP contribution in [0.25, 0.3) is 16.8 Å². The van der Waals surface area contributed by atoms with Crippen molar-refractivity contribution in [3.8, 4) is 0 Å². The summed E-state index contributed by atoms with van der Waals surface area (Å²) in [7, 11) is 0. The summed E-state index contributed by atoms with van der Waals surface area (Å²) in [6.07, 6.45) is 3.00. The number of nitrogens with zero attached hydrogens (tertiary/aromatic N) is 4. The smallest absolute Gasteiger partial charge is 0.268 e. The SMILES string of the molecule is O=c1c2cccnc2nc2[nH]ncn12. The molecule has 0 atom stereocenters. The van der Waals surface area contributed by atoms with E-state index in [0.717, 1.165) is 0 Å². The maximum absolute atomic E-state index is 11.8. The molecular formula is C8H5N5O. The van der Waals surface area contributed by atoms with Crippen LogP contribution >= 0.6 is 0 Å². The van der Waals surface area contributed by atoms with Gasteiger partial charge in [0.05, 0.1) is 5.39 Å². The van der Waals surface area contributed by atoms with Crippen LogP contribution in [0.3, 0.4) is 0 Å². The minimum absolute atomic E-state index is 0.160. The molecule has 0 bridgehead atoms. The second kappa shape index (κ2) is 2.38. The standard InChI is InChI=1S/C8H5N5O/c14-7-5-2-1-3-9-6(5)11-8-12-10-4-13(7)8/h1-4H,(H,9,11,12). The van der Waals surface area contributed by atoms with Gasteiger partial charge in [-0.15, -0.1) is 0 Å². The van der Waals surface area contributed by atoms with E-state index in [1.807, 2.05) is 0 Å². The molecule has 0 aromatic carbocycles. The number of pyridine rings is 1. The molecule has 3 rings (SSSR count). The van der Waals surface area contributed by atoms with Gasteiger partial charge in [-0.1, -0.05) is 0 Å². The Morgan fingerprint density at radius 3 is 3.29 bits per heavy atom. The number of hydrogen-bond acceptors (Lipinski definition) is 4. The van der Waals surface area contributed by atoms with Gasteiger partial charge in [-0.3, -0.25) is 4.79 Å². The Morgan fingerprint density at radius 2 is 2.36 bits per heavy atom. The molecule has 0 aliphatic carbocycles. The molecule has 0 aliphatic heterocycles. The summed E-state index contributed by atoms with van der Waals surface area (Å²) in [6, 6.07) is 3.40.